The zero-order valence-electron chi connectivity index (χ0n) is 8.83. The first-order valence-corrected chi connectivity index (χ1v) is 6.68. The van der Waals surface area contributed by atoms with Crippen LogP contribution in [0, 0.1) is 6.92 Å². The normalized spacial score (nSPS) is 10.5. The van der Waals surface area contributed by atoms with Gasteiger partial charge in [-0.25, -0.2) is 4.98 Å². The first kappa shape index (κ1) is 11.7. The van der Waals surface area contributed by atoms with Crippen LogP contribution in [-0.2, 0) is 0 Å². The zero-order valence-corrected chi connectivity index (χ0v) is 10.5. The number of pyridine rings is 1. The van der Waals surface area contributed by atoms with Crippen LogP contribution in [0.1, 0.15) is 19.5 Å². The minimum Gasteiger partial charge on any atom is -0.396 e. The molecule has 0 saturated heterocycles. The Kier molecular flexibility index (Phi) is 4.62. The van der Waals surface area contributed by atoms with Gasteiger partial charge in [0, 0.05) is 10.6 Å². The van der Waals surface area contributed by atoms with Gasteiger partial charge in [-0.2, -0.15) is 0 Å². The van der Waals surface area contributed by atoms with E-state index >= 15 is 0 Å². The topological polar surface area (TPSA) is 38.9 Å². The lowest BCUT2D eigenvalue weighted by atomic mass is 10.3. The number of nitrogen functional groups attached to an aromatic ring is 1. The molecular weight excluding hydrogens is 212 g/mol. The molecule has 0 atom stereocenters. The fraction of sp³-hybridized carbons (Fsp3) is 0.500. The van der Waals surface area contributed by atoms with E-state index in [9.17, 15) is 0 Å². The summed E-state index contributed by atoms with van der Waals surface area (Å²) in [5.74, 6) is 2.06. The molecule has 14 heavy (non-hydrogen) atoms. The maximum absolute atomic E-state index is 6.02. The molecule has 2 N–H and O–H groups in total. The number of nitrogens with zero attached hydrogens (tertiary/aromatic N) is 1. The van der Waals surface area contributed by atoms with Gasteiger partial charge in [0.2, 0.25) is 0 Å². The zero-order chi connectivity index (χ0) is 10.6. The van der Waals surface area contributed by atoms with Crippen molar-refractivity contribution in [3.05, 3.63) is 11.8 Å². The van der Waals surface area contributed by atoms with Gasteiger partial charge in [0.25, 0.3) is 0 Å². The summed E-state index contributed by atoms with van der Waals surface area (Å²) in [6.07, 6.45) is 0. The molecule has 0 aromatic carbocycles. The Hall–Kier alpha value is -0.350. The van der Waals surface area contributed by atoms with Crippen LogP contribution < -0.4 is 5.73 Å². The standard InChI is InChI=1S/C10H16N2S2/c1-4-13-8-6-7(3)12-10(9(8)11)14-5-2/h6H,4-5,11H2,1-3H3. The van der Waals surface area contributed by atoms with Gasteiger partial charge in [-0.15, -0.1) is 23.5 Å². The van der Waals surface area contributed by atoms with Gasteiger partial charge in [-0.3, -0.25) is 0 Å². The van der Waals surface area contributed by atoms with Crippen molar-refractivity contribution in [1.82, 2.24) is 4.98 Å². The number of hydrogen-bond acceptors (Lipinski definition) is 4. The highest BCUT2D eigenvalue weighted by molar-refractivity contribution is 8.00. The van der Waals surface area contributed by atoms with Gasteiger partial charge >= 0.3 is 0 Å². The van der Waals surface area contributed by atoms with Crippen molar-refractivity contribution >= 4 is 29.2 Å². The van der Waals surface area contributed by atoms with Crippen LogP contribution in [0.2, 0.25) is 0 Å². The van der Waals surface area contributed by atoms with Crippen molar-refractivity contribution in [2.45, 2.75) is 30.7 Å². The Morgan fingerprint density at radius 1 is 1.29 bits per heavy atom. The SMILES string of the molecule is CCSc1cc(C)nc(SCC)c1N. The predicted molar refractivity (Wildman–Crippen MR) is 66.2 cm³/mol. The molecule has 0 spiro atoms. The minimum atomic E-state index is 0.842. The monoisotopic (exact) mass is 228 g/mol. The van der Waals surface area contributed by atoms with E-state index in [-0.39, 0.29) is 0 Å². The summed E-state index contributed by atoms with van der Waals surface area (Å²) in [4.78, 5) is 5.59. The molecule has 0 bridgehead atoms. The summed E-state index contributed by atoms with van der Waals surface area (Å²) in [6, 6.07) is 2.06. The highest BCUT2D eigenvalue weighted by Gasteiger charge is 2.07. The van der Waals surface area contributed by atoms with Crippen molar-refractivity contribution in [3.8, 4) is 0 Å². The molecule has 1 aromatic heterocycles. The van der Waals surface area contributed by atoms with Crippen LogP contribution in [0.15, 0.2) is 16.0 Å². The Balaban J connectivity index is 3.04. The Morgan fingerprint density at radius 2 is 1.93 bits per heavy atom. The number of rotatable bonds is 4. The first-order chi connectivity index (χ1) is 6.69. The number of anilines is 1. The molecule has 0 amide bonds. The molecule has 0 aliphatic heterocycles. The Morgan fingerprint density at radius 3 is 2.50 bits per heavy atom. The van der Waals surface area contributed by atoms with Gasteiger partial charge in [0.05, 0.1) is 5.69 Å². The Labute approximate surface area is 94.1 Å². The van der Waals surface area contributed by atoms with E-state index in [0.717, 1.165) is 32.8 Å². The quantitative estimate of drug-likeness (QED) is 0.803. The van der Waals surface area contributed by atoms with Crippen molar-refractivity contribution in [2.75, 3.05) is 17.2 Å². The van der Waals surface area contributed by atoms with Gasteiger partial charge in [0.15, 0.2) is 0 Å². The third-order valence-corrected chi connectivity index (χ3v) is 3.51. The lowest BCUT2D eigenvalue weighted by Crippen LogP contribution is -1.97. The minimum absolute atomic E-state index is 0.842. The van der Waals surface area contributed by atoms with Crippen LogP contribution in [0.3, 0.4) is 0 Å². The summed E-state index contributed by atoms with van der Waals surface area (Å²) >= 11 is 3.48. The van der Waals surface area contributed by atoms with Crippen LogP contribution in [0.4, 0.5) is 5.69 Å². The van der Waals surface area contributed by atoms with Gasteiger partial charge in [-0.1, -0.05) is 13.8 Å². The van der Waals surface area contributed by atoms with Gasteiger partial charge in [0.1, 0.15) is 5.03 Å². The van der Waals surface area contributed by atoms with Crippen molar-refractivity contribution in [3.63, 3.8) is 0 Å². The predicted octanol–water partition coefficient (Wildman–Crippen LogP) is 3.20. The largest absolute Gasteiger partial charge is 0.396 e. The van der Waals surface area contributed by atoms with Crippen LogP contribution in [-0.4, -0.2) is 16.5 Å². The van der Waals surface area contributed by atoms with E-state index in [1.807, 2.05) is 6.92 Å². The number of aryl methyl sites for hydroxylation is 1. The third kappa shape index (κ3) is 2.82. The molecule has 0 saturated carbocycles. The molecule has 0 aliphatic carbocycles. The molecule has 0 unspecified atom stereocenters. The van der Waals surface area contributed by atoms with E-state index in [0.29, 0.717) is 0 Å². The summed E-state index contributed by atoms with van der Waals surface area (Å²) in [5, 5.41) is 0.975. The molecule has 2 nitrogen and oxygen atoms in total. The van der Waals surface area contributed by atoms with Crippen LogP contribution in [0.5, 0.6) is 0 Å². The van der Waals surface area contributed by atoms with E-state index < -0.39 is 0 Å². The number of thioether (sulfide) groups is 2. The molecule has 0 aliphatic rings. The fourth-order valence-corrected chi connectivity index (χ4v) is 2.78. The number of nitrogens with two attached hydrogens (primary N) is 1. The molecule has 4 heteroatoms. The smallest absolute Gasteiger partial charge is 0.120 e. The van der Waals surface area contributed by atoms with E-state index in [4.69, 9.17) is 5.73 Å². The lowest BCUT2D eigenvalue weighted by molar-refractivity contribution is 1.04. The maximum atomic E-state index is 6.02. The molecule has 1 rings (SSSR count). The summed E-state index contributed by atoms with van der Waals surface area (Å²) in [5.41, 5.74) is 7.91. The van der Waals surface area contributed by atoms with Crippen molar-refractivity contribution in [2.24, 2.45) is 0 Å². The summed E-state index contributed by atoms with van der Waals surface area (Å²) < 4.78 is 0. The second-order valence-corrected chi connectivity index (χ2v) is 5.41. The second kappa shape index (κ2) is 5.51. The first-order valence-electron chi connectivity index (χ1n) is 4.71. The molecule has 78 valence electrons. The fourth-order valence-electron chi connectivity index (χ4n) is 1.15. The molecule has 1 aromatic rings. The van der Waals surface area contributed by atoms with E-state index in [2.05, 4.69) is 24.9 Å². The van der Waals surface area contributed by atoms with Crippen LogP contribution in [0.25, 0.3) is 0 Å². The molecular formula is C10H16N2S2. The Bertz CT molecular complexity index is 286. The van der Waals surface area contributed by atoms with Gasteiger partial charge in [-0.05, 0) is 24.5 Å². The molecule has 0 fully saturated rings. The second-order valence-electron chi connectivity index (χ2n) is 2.85. The summed E-state index contributed by atoms with van der Waals surface area (Å²) in [6.45, 7) is 6.26. The highest BCUT2D eigenvalue weighted by atomic mass is 32.2. The van der Waals surface area contributed by atoms with Gasteiger partial charge < -0.3 is 5.73 Å². The summed E-state index contributed by atoms with van der Waals surface area (Å²) in [7, 11) is 0. The van der Waals surface area contributed by atoms with Crippen LogP contribution >= 0.6 is 23.5 Å². The number of hydrogen-bond donors (Lipinski definition) is 1. The number of aromatic nitrogens is 1. The van der Waals surface area contributed by atoms with Crippen molar-refractivity contribution in [1.29, 1.82) is 0 Å². The average molecular weight is 228 g/mol. The average Bonchev–Trinajstić information content (AvgIpc) is 2.14. The van der Waals surface area contributed by atoms with Crippen molar-refractivity contribution < 1.29 is 0 Å². The molecule has 1 heterocycles. The maximum Gasteiger partial charge on any atom is 0.120 e. The third-order valence-electron chi connectivity index (χ3n) is 1.69. The molecule has 0 radical (unpaired) electrons. The van der Waals surface area contributed by atoms with E-state index in [1.54, 1.807) is 23.5 Å². The van der Waals surface area contributed by atoms with E-state index in [1.165, 1.54) is 0 Å². The highest BCUT2D eigenvalue weighted by Crippen LogP contribution is 2.32. The lowest BCUT2D eigenvalue weighted by Gasteiger charge is -2.09.